The van der Waals surface area contributed by atoms with Crippen molar-refractivity contribution in [3.05, 3.63) is 46.1 Å². The van der Waals surface area contributed by atoms with Gasteiger partial charge in [0.2, 0.25) is 0 Å². The number of fused-ring (bicyclic) bond motifs is 3. The largest absolute Gasteiger partial charge is 0.443 e. The molecule has 1 amide bonds. The van der Waals surface area contributed by atoms with Gasteiger partial charge in [-0.1, -0.05) is 44.2 Å². The highest BCUT2D eigenvalue weighted by molar-refractivity contribution is 9.11. The molecule has 100 valence electrons. The fourth-order valence-corrected chi connectivity index (χ4v) is 3.72. The molecule has 2 atom stereocenters. The number of halogens is 1. The lowest BCUT2D eigenvalue weighted by Gasteiger charge is -2.21. The molecule has 2 aliphatic rings. The van der Waals surface area contributed by atoms with E-state index in [1.165, 1.54) is 11.1 Å². The van der Waals surface area contributed by atoms with Gasteiger partial charge in [0.1, 0.15) is 12.1 Å². The average Bonchev–Trinajstić information content (AvgIpc) is 2.82. The minimum Gasteiger partial charge on any atom is -0.443 e. The normalized spacial score (nSPS) is 25.6. The lowest BCUT2D eigenvalue weighted by molar-refractivity contribution is 0.134. The Morgan fingerprint density at radius 2 is 2.21 bits per heavy atom. The molecular formula is C15H16BrNO2. The van der Waals surface area contributed by atoms with Crippen LogP contribution in [-0.4, -0.2) is 17.1 Å². The van der Waals surface area contributed by atoms with Gasteiger partial charge in [0.05, 0.1) is 4.61 Å². The van der Waals surface area contributed by atoms with E-state index >= 15 is 0 Å². The highest BCUT2D eigenvalue weighted by Gasteiger charge is 2.48. The summed E-state index contributed by atoms with van der Waals surface area (Å²) in [6, 6.07) is 8.26. The summed E-state index contributed by atoms with van der Waals surface area (Å²) >= 11 is 3.52. The van der Waals surface area contributed by atoms with Gasteiger partial charge in [-0.15, -0.1) is 0 Å². The van der Waals surface area contributed by atoms with Gasteiger partial charge in [-0.2, -0.15) is 0 Å². The fourth-order valence-electron chi connectivity index (χ4n) is 2.82. The molecule has 1 fully saturated rings. The van der Waals surface area contributed by atoms with Gasteiger partial charge < -0.3 is 4.74 Å². The molecule has 19 heavy (non-hydrogen) atoms. The van der Waals surface area contributed by atoms with Crippen LogP contribution in [0.3, 0.4) is 0 Å². The van der Waals surface area contributed by atoms with Crippen molar-refractivity contribution in [2.24, 2.45) is 5.92 Å². The van der Waals surface area contributed by atoms with Crippen molar-refractivity contribution >= 4 is 22.0 Å². The Morgan fingerprint density at radius 1 is 1.47 bits per heavy atom. The number of benzene rings is 1. The van der Waals surface area contributed by atoms with Crippen molar-refractivity contribution in [2.45, 2.75) is 32.4 Å². The molecule has 1 saturated heterocycles. The second-order valence-electron chi connectivity index (χ2n) is 5.37. The van der Waals surface area contributed by atoms with Crippen molar-refractivity contribution in [2.75, 3.05) is 0 Å². The highest BCUT2D eigenvalue weighted by Crippen LogP contribution is 2.45. The van der Waals surface area contributed by atoms with Crippen molar-refractivity contribution in [3.63, 3.8) is 0 Å². The number of carbonyl (C=O) groups is 1. The minimum absolute atomic E-state index is 0.00748. The van der Waals surface area contributed by atoms with Gasteiger partial charge in [-0.25, -0.2) is 4.79 Å². The third kappa shape index (κ3) is 2.08. The molecule has 1 heterocycles. The van der Waals surface area contributed by atoms with E-state index < -0.39 is 0 Å². The van der Waals surface area contributed by atoms with Crippen LogP contribution in [0.15, 0.2) is 34.9 Å². The highest BCUT2D eigenvalue weighted by atomic mass is 79.9. The zero-order chi connectivity index (χ0) is 13.6. The number of rotatable bonds is 2. The van der Waals surface area contributed by atoms with Crippen molar-refractivity contribution < 1.29 is 9.53 Å². The number of ether oxygens (including phenoxy) is 1. The van der Waals surface area contributed by atoms with Gasteiger partial charge in [-0.3, -0.25) is 4.90 Å². The van der Waals surface area contributed by atoms with Crippen LogP contribution < -0.4 is 0 Å². The van der Waals surface area contributed by atoms with Crippen LogP contribution in [0, 0.1) is 5.92 Å². The SMILES string of the molecule is CC(C)/C=C(/Br)N1C(=O)O[C@@H]2Cc3ccccc3[C@@H]21. The molecule has 4 heteroatoms. The van der Waals surface area contributed by atoms with Crippen LogP contribution in [-0.2, 0) is 11.2 Å². The fraction of sp³-hybridized carbons (Fsp3) is 0.400. The van der Waals surface area contributed by atoms with E-state index in [1.54, 1.807) is 4.90 Å². The maximum atomic E-state index is 12.1. The molecule has 0 spiro atoms. The van der Waals surface area contributed by atoms with Crippen LogP contribution in [0.25, 0.3) is 0 Å². The molecule has 0 saturated carbocycles. The summed E-state index contributed by atoms with van der Waals surface area (Å²) in [5, 5.41) is 0. The molecule has 3 nitrogen and oxygen atoms in total. The summed E-state index contributed by atoms with van der Waals surface area (Å²) in [5.74, 6) is 0.373. The zero-order valence-electron chi connectivity index (χ0n) is 11.0. The van der Waals surface area contributed by atoms with Crippen LogP contribution in [0.1, 0.15) is 31.0 Å². The molecule has 0 radical (unpaired) electrons. The van der Waals surface area contributed by atoms with Gasteiger partial charge in [-0.05, 0) is 33.0 Å². The maximum Gasteiger partial charge on any atom is 0.415 e. The summed E-state index contributed by atoms with van der Waals surface area (Å²) in [7, 11) is 0. The Hall–Kier alpha value is -1.29. The van der Waals surface area contributed by atoms with E-state index in [-0.39, 0.29) is 18.2 Å². The Labute approximate surface area is 121 Å². The topological polar surface area (TPSA) is 29.5 Å². The van der Waals surface area contributed by atoms with Crippen molar-refractivity contribution in [3.8, 4) is 0 Å². The number of nitrogens with zero attached hydrogens (tertiary/aromatic N) is 1. The van der Waals surface area contributed by atoms with Crippen molar-refractivity contribution in [1.82, 2.24) is 4.90 Å². The smallest absolute Gasteiger partial charge is 0.415 e. The third-order valence-corrected chi connectivity index (χ3v) is 4.22. The molecule has 0 bridgehead atoms. The van der Waals surface area contributed by atoms with E-state index in [2.05, 4.69) is 41.9 Å². The first-order valence-corrected chi connectivity index (χ1v) is 7.32. The summed E-state index contributed by atoms with van der Waals surface area (Å²) in [4.78, 5) is 13.8. The van der Waals surface area contributed by atoms with Gasteiger partial charge >= 0.3 is 6.09 Å². The van der Waals surface area contributed by atoms with Crippen LogP contribution in [0.4, 0.5) is 4.79 Å². The Morgan fingerprint density at radius 3 is 2.95 bits per heavy atom. The van der Waals surface area contributed by atoms with E-state index in [9.17, 15) is 4.79 Å². The number of carbonyl (C=O) groups excluding carboxylic acids is 1. The van der Waals surface area contributed by atoms with E-state index in [0.717, 1.165) is 11.0 Å². The van der Waals surface area contributed by atoms with E-state index in [0.29, 0.717) is 5.92 Å². The lowest BCUT2D eigenvalue weighted by atomic mass is 10.1. The molecule has 1 aliphatic carbocycles. The second-order valence-corrected chi connectivity index (χ2v) is 6.19. The van der Waals surface area contributed by atoms with Gasteiger partial charge in [0.25, 0.3) is 0 Å². The Balaban J connectivity index is 2.00. The van der Waals surface area contributed by atoms with Crippen molar-refractivity contribution in [1.29, 1.82) is 0 Å². The number of hydrogen-bond donors (Lipinski definition) is 0. The second kappa shape index (κ2) is 4.67. The van der Waals surface area contributed by atoms with Gasteiger partial charge in [0.15, 0.2) is 0 Å². The van der Waals surface area contributed by atoms with Crippen LogP contribution in [0.5, 0.6) is 0 Å². The molecule has 0 aromatic heterocycles. The zero-order valence-corrected chi connectivity index (χ0v) is 12.6. The van der Waals surface area contributed by atoms with Crippen LogP contribution >= 0.6 is 15.9 Å². The van der Waals surface area contributed by atoms with E-state index in [1.807, 2.05) is 18.2 Å². The van der Waals surface area contributed by atoms with Crippen LogP contribution in [0.2, 0.25) is 0 Å². The average molecular weight is 322 g/mol. The summed E-state index contributed by atoms with van der Waals surface area (Å²) in [5.41, 5.74) is 2.48. The lowest BCUT2D eigenvalue weighted by Crippen LogP contribution is -2.25. The predicted molar refractivity (Wildman–Crippen MR) is 76.8 cm³/mol. The number of hydrogen-bond acceptors (Lipinski definition) is 2. The van der Waals surface area contributed by atoms with E-state index in [4.69, 9.17) is 4.74 Å². The first kappa shape index (κ1) is 12.7. The summed E-state index contributed by atoms with van der Waals surface area (Å²) < 4.78 is 6.30. The quantitative estimate of drug-likeness (QED) is 0.770. The predicted octanol–water partition coefficient (Wildman–Crippen LogP) is 4.00. The Bertz CT molecular complexity index is 553. The molecule has 0 N–H and O–H groups in total. The molecule has 3 rings (SSSR count). The molecule has 1 aromatic carbocycles. The first-order valence-electron chi connectivity index (χ1n) is 6.53. The first-order chi connectivity index (χ1) is 9.08. The summed E-state index contributed by atoms with van der Waals surface area (Å²) in [6.07, 6.45) is 2.53. The Kier molecular flexibility index (Phi) is 3.13. The molecule has 1 aliphatic heterocycles. The third-order valence-electron chi connectivity index (χ3n) is 3.58. The monoisotopic (exact) mass is 321 g/mol. The molecule has 0 unspecified atom stereocenters. The number of allylic oxidation sites excluding steroid dienone is 1. The molecule has 1 aromatic rings. The maximum absolute atomic E-state index is 12.1. The molecular weight excluding hydrogens is 306 g/mol. The number of amides is 1. The standard InChI is InChI=1S/C15H16BrNO2/c1-9(2)7-13(16)17-14-11-6-4-3-5-10(11)8-12(14)19-15(17)18/h3-7,9,12,14H,8H2,1-2H3/b13-7-/t12-,14+/m1/s1. The van der Waals surface area contributed by atoms with Gasteiger partial charge in [0, 0.05) is 6.42 Å². The minimum atomic E-state index is -0.256. The summed E-state index contributed by atoms with van der Waals surface area (Å²) in [6.45, 7) is 4.17.